The van der Waals surface area contributed by atoms with Crippen molar-refractivity contribution in [2.45, 2.75) is 151 Å². The number of ether oxygens (including phenoxy) is 1. The summed E-state index contributed by atoms with van der Waals surface area (Å²) < 4.78 is 20.0. The molecule has 0 aromatic heterocycles. The molecule has 0 aliphatic heterocycles. The summed E-state index contributed by atoms with van der Waals surface area (Å²) >= 11 is 0. The van der Waals surface area contributed by atoms with Crippen molar-refractivity contribution in [3.8, 4) is 0 Å². The van der Waals surface area contributed by atoms with Crippen molar-refractivity contribution in [1.82, 2.24) is 0 Å². The summed E-state index contributed by atoms with van der Waals surface area (Å²) in [5.74, 6) is 1.26. The second kappa shape index (κ2) is 14.4. The molecule has 0 heterocycles. The van der Waals surface area contributed by atoms with E-state index in [1.807, 2.05) is 6.92 Å². The Hall–Kier alpha value is -0.276. The summed E-state index contributed by atoms with van der Waals surface area (Å²) in [5, 5.41) is 0.265. The summed E-state index contributed by atoms with van der Waals surface area (Å²) in [6.07, 6.45) is 5.64. The molecule has 7 atom stereocenters. The number of ketones is 1. The summed E-state index contributed by atoms with van der Waals surface area (Å²) in [7, 11) is -2.18. The van der Waals surface area contributed by atoms with E-state index in [2.05, 4.69) is 108 Å². The van der Waals surface area contributed by atoms with Gasteiger partial charge in [0.25, 0.3) is 0 Å². The Labute approximate surface area is 234 Å². The lowest BCUT2D eigenvalue weighted by Crippen LogP contribution is -2.50. The highest BCUT2D eigenvalue weighted by molar-refractivity contribution is 6.74. The van der Waals surface area contributed by atoms with Gasteiger partial charge in [0.15, 0.2) is 22.4 Å². The Balaban J connectivity index is 6.19. The number of allylic oxidation sites excluding steroid dienone is 1. The third-order valence-corrected chi connectivity index (χ3v) is 18.4. The molecule has 7 unspecified atom stereocenters. The number of hydrogen-bond donors (Lipinski definition) is 0. The Morgan fingerprint density at radius 1 is 0.784 bits per heavy atom. The van der Waals surface area contributed by atoms with E-state index in [1.54, 1.807) is 13.2 Å². The molecule has 0 bridgehead atoms. The van der Waals surface area contributed by atoms with Gasteiger partial charge in [-0.05, 0) is 73.4 Å². The molecule has 0 fully saturated rings. The van der Waals surface area contributed by atoms with Crippen molar-refractivity contribution in [2.75, 3.05) is 7.11 Å². The molecule has 0 saturated carbocycles. The van der Waals surface area contributed by atoms with E-state index in [-0.39, 0.29) is 46.0 Å². The highest BCUT2D eigenvalue weighted by Gasteiger charge is 2.44. The minimum atomic E-state index is -2.01. The van der Waals surface area contributed by atoms with Crippen LogP contribution in [0.1, 0.15) is 95.9 Å². The van der Waals surface area contributed by atoms with E-state index in [1.165, 1.54) is 0 Å². The minimum absolute atomic E-state index is 0.0490. The van der Waals surface area contributed by atoms with Gasteiger partial charge in [-0.15, -0.1) is 0 Å². The maximum atomic E-state index is 12.1. The molecule has 220 valence electrons. The van der Waals surface area contributed by atoms with Gasteiger partial charge < -0.3 is 13.6 Å². The van der Waals surface area contributed by atoms with Crippen LogP contribution in [0.15, 0.2) is 12.2 Å². The lowest BCUT2D eigenvalue weighted by atomic mass is 9.81. The third-order valence-electron chi connectivity index (χ3n) is 9.42. The average Bonchev–Trinajstić information content (AvgIpc) is 2.76. The van der Waals surface area contributed by atoms with Gasteiger partial charge >= 0.3 is 0 Å². The fourth-order valence-corrected chi connectivity index (χ4v) is 7.30. The maximum absolute atomic E-state index is 12.1. The van der Waals surface area contributed by atoms with Crippen LogP contribution in [0.3, 0.4) is 0 Å². The highest BCUT2D eigenvalue weighted by Crippen LogP contribution is 2.42. The van der Waals surface area contributed by atoms with Crippen molar-refractivity contribution in [1.29, 1.82) is 0 Å². The van der Waals surface area contributed by atoms with E-state index in [4.69, 9.17) is 13.6 Å². The molecule has 0 radical (unpaired) electrons. The van der Waals surface area contributed by atoms with Gasteiger partial charge in [0.05, 0.1) is 18.3 Å². The van der Waals surface area contributed by atoms with Crippen LogP contribution in [0.2, 0.25) is 36.3 Å². The molecule has 0 rings (SSSR count). The Bertz CT molecular complexity index is 718. The molecule has 0 aliphatic carbocycles. The first-order chi connectivity index (χ1) is 16.5. The van der Waals surface area contributed by atoms with Crippen LogP contribution in [0, 0.1) is 23.7 Å². The molecule has 0 aromatic carbocycles. The first kappa shape index (κ1) is 36.7. The van der Waals surface area contributed by atoms with E-state index < -0.39 is 16.6 Å². The van der Waals surface area contributed by atoms with Crippen LogP contribution in [0.4, 0.5) is 0 Å². The first-order valence-electron chi connectivity index (χ1n) is 14.6. The second-order valence-electron chi connectivity index (χ2n) is 14.7. The number of carbonyl (C=O) groups excluding carboxylic acids is 1. The molecule has 0 aromatic rings. The largest absolute Gasteiger partial charge is 0.413 e. The number of methoxy groups -OCH3 is 1. The van der Waals surface area contributed by atoms with Crippen LogP contribution < -0.4 is 0 Å². The molecule has 0 N–H and O–H groups in total. The molecule has 0 amide bonds. The second-order valence-corrected chi connectivity index (χ2v) is 24.2. The zero-order valence-electron chi connectivity index (χ0n) is 27.7. The lowest BCUT2D eigenvalue weighted by molar-refractivity contribution is -0.114. The Morgan fingerprint density at radius 3 is 1.57 bits per heavy atom. The van der Waals surface area contributed by atoms with Crippen molar-refractivity contribution in [3.63, 3.8) is 0 Å². The molecule has 37 heavy (non-hydrogen) atoms. The third kappa shape index (κ3) is 11.0. The fraction of sp³-hybridized carbons (Fsp3) is 0.903. The van der Waals surface area contributed by atoms with E-state index in [0.717, 1.165) is 6.42 Å². The first-order valence-corrected chi connectivity index (χ1v) is 20.4. The van der Waals surface area contributed by atoms with E-state index in [0.29, 0.717) is 18.3 Å². The molecular weight excluding hydrogens is 493 g/mol. The summed E-state index contributed by atoms with van der Waals surface area (Å²) in [6, 6.07) is 0. The standard InChI is InChI=1S/C31H64O4Si2/c1-18-27(32)20-19-22(2)28(34-36(14,15)30(7,8)9)23(3)21-24(4)29(25(5)26(6)33-13)35-37(16,17)31(10,11)12/h19-20,22-26,28-29H,18,21H2,1-17H3/b20-19-. The molecule has 6 heteroatoms. The van der Waals surface area contributed by atoms with Gasteiger partial charge in [-0.25, -0.2) is 0 Å². The average molecular weight is 557 g/mol. The normalized spacial score (nSPS) is 19.8. The van der Waals surface area contributed by atoms with Crippen LogP contribution in [-0.2, 0) is 18.4 Å². The van der Waals surface area contributed by atoms with E-state index in [9.17, 15) is 4.79 Å². The zero-order chi connectivity index (χ0) is 29.6. The van der Waals surface area contributed by atoms with Crippen LogP contribution in [0.5, 0.6) is 0 Å². The monoisotopic (exact) mass is 556 g/mol. The van der Waals surface area contributed by atoms with Gasteiger partial charge in [-0.3, -0.25) is 4.79 Å². The van der Waals surface area contributed by atoms with Crippen molar-refractivity contribution in [2.24, 2.45) is 23.7 Å². The van der Waals surface area contributed by atoms with Crippen LogP contribution in [-0.4, -0.2) is 47.8 Å². The number of rotatable bonds is 15. The molecular formula is C31H64O4Si2. The van der Waals surface area contributed by atoms with Crippen LogP contribution in [0.25, 0.3) is 0 Å². The summed E-state index contributed by atoms with van der Waals surface area (Å²) in [5.41, 5.74) is 0. The quantitative estimate of drug-likeness (QED) is 0.149. The predicted octanol–water partition coefficient (Wildman–Crippen LogP) is 9.27. The topological polar surface area (TPSA) is 44.8 Å². The Kier molecular flexibility index (Phi) is 14.3. The smallest absolute Gasteiger partial charge is 0.192 e. The number of carbonyl (C=O) groups is 1. The number of hydrogen-bond acceptors (Lipinski definition) is 4. The van der Waals surface area contributed by atoms with Gasteiger partial charge in [0.2, 0.25) is 0 Å². The van der Waals surface area contributed by atoms with Gasteiger partial charge in [0.1, 0.15) is 0 Å². The molecule has 4 nitrogen and oxygen atoms in total. The zero-order valence-corrected chi connectivity index (χ0v) is 29.7. The molecule has 0 spiro atoms. The lowest BCUT2D eigenvalue weighted by Gasteiger charge is -2.45. The Morgan fingerprint density at radius 2 is 1.19 bits per heavy atom. The molecule has 0 saturated heterocycles. The van der Waals surface area contributed by atoms with Crippen molar-refractivity contribution >= 4 is 22.4 Å². The molecule has 0 aliphatic rings. The van der Waals surface area contributed by atoms with Crippen molar-refractivity contribution in [3.05, 3.63) is 12.2 Å². The SMILES string of the molecule is CCC(=O)/C=C\C(C)C(O[Si](C)(C)C(C)(C)C)C(C)CC(C)C(O[Si](C)(C)C(C)(C)C)C(C)C(C)OC. The minimum Gasteiger partial charge on any atom is -0.413 e. The van der Waals surface area contributed by atoms with E-state index >= 15 is 0 Å². The van der Waals surface area contributed by atoms with Crippen LogP contribution >= 0.6 is 0 Å². The highest BCUT2D eigenvalue weighted by atomic mass is 28.4. The van der Waals surface area contributed by atoms with Gasteiger partial charge in [0, 0.05) is 19.4 Å². The van der Waals surface area contributed by atoms with Gasteiger partial charge in [-0.1, -0.05) is 82.2 Å². The summed E-state index contributed by atoms with van der Waals surface area (Å²) in [4.78, 5) is 12.1. The fourth-order valence-electron chi connectivity index (χ4n) is 4.34. The van der Waals surface area contributed by atoms with Gasteiger partial charge in [-0.2, -0.15) is 0 Å². The van der Waals surface area contributed by atoms with Crippen molar-refractivity contribution < 1.29 is 18.4 Å². The maximum Gasteiger partial charge on any atom is 0.192 e. The predicted molar refractivity (Wildman–Crippen MR) is 166 cm³/mol. The summed E-state index contributed by atoms with van der Waals surface area (Å²) in [6.45, 7) is 36.4.